The van der Waals surface area contributed by atoms with Crippen LogP contribution in [0.15, 0.2) is 33.6 Å². The number of aryl methyl sites for hydroxylation is 1. The molecule has 0 saturated heterocycles. The first kappa shape index (κ1) is 18.0. The molecule has 0 fully saturated rings. The van der Waals surface area contributed by atoms with Gasteiger partial charge in [0.2, 0.25) is 5.91 Å². The molecule has 0 atom stereocenters. The SMILES string of the molecule is Cc1cc(/C=N\NC(=O)Cc2cc(=O)[nH]c(=S)[nH]2)c(C)n1-c1nccs1. The van der Waals surface area contributed by atoms with Gasteiger partial charge < -0.3 is 4.98 Å². The predicted molar refractivity (Wildman–Crippen MR) is 103 cm³/mol. The molecule has 0 spiro atoms. The molecule has 0 unspecified atom stereocenters. The minimum Gasteiger partial charge on any atom is -0.335 e. The van der Waals surface area contributed by atoms with E-state index in [9.17, 15) is 9.59 Å². The van der Waals surface area contributed by atoms with Crippen molar-refractivity contribution < 1.29 is 4.79 Å². The lowest BCUT2D eigenvalue weighted by Crippen LogP contribution is -2.21. The highest BCUT2D eigenvalue weighted by Crippen LogP contribution is 2.21. The molecule has 3 rings (SSSR count). The van der Waals surface area contributed by atoms with Gasteiger partial charge in [-0.15, -0.1) is 11.3 Å². The van der Waals surface area contributed by atoms with Crippen LogP contribution in [-0.2, 0) is 11.2 Å². The van der Waals surface area contributed by atoms with E-state index in [1.807, 2.05) is 29.9 Å². The van der Waals surface area contributed by atoms with Crippen LogP contribution >= 0.6 is 23.6 Å². The molecule has 8 nitrogen and oxygen atoms in total. The van der Waals surface area contributed by atoms with Gasteiger partial charge in [0.15, 0.2) is 9.90 Å². The van der Waals surface area contributed by atoms with Crippen LogP contribution in [0.2, 0.25) is 0 Å². The molecule has 3 aromatic rings. The Balaban J connectivity index is 1.69. The zero-order chi connectivity index (χ0) is 18.7. The van der Waals surface area contributed by atoms with E-state index in [2.05, 4.69) is 25.5 Å². The number of amides is 1. The van der Waals surface area contributed by atoms with Crippen LogP contribution in [0.5, 0.6) is 0 Å². The predicted octanol–water partition coefficient (Wildman–Crippen LogP) is 1.99. The Bertz CT molecular complexity index is 1050. The molecular weight excluding hydrogens is 372 g/mol. The number of rotatable bonds is 5. The van der Waals surface area contributed by atoms with E-state index in [0.29, 0.717) is 5.69 Å². The molecule has 1 amide bonds. The van der Waals surface area contributed by atoms with Gasteiger partial charge in [-0.3, -0.25) is 19.1 Å². The van der Waals surface area contributed by atoms with Gasteiger partial charge in [-0.05, 0) is 32.1 Å². The molecule has 0 aliphatic carbocycles. The minimum atomic E-state index is -0.355. The lowest BCUT2D eigenvalue weighted by molar-refractivity contribution is -0.120. The summed E-state index contributed by atoms with van der Waals surface area (Å²) in [6, 6.07) is 3.27. The maximum absolute atomic E-state index is 12.0. The standard InChI is InChI=1S/C16H16N6O2S2/c1-9-5-11(10(2)22(9)16-17-3-4-26-16)8-18-21-14(24)7-12-6-13(23)20-15(25)19-12/h3-6,8H,7H2,1-2H3,(H,21,24)(H2,19,20,23,25)/b18-8-. The molecule has 0 aromatic carbocycles. The monoisotopic (exact) mass is 388 g/mol. The van der Waals surface area contributed by atoms with Crippen LogP contribution in [0, 0.1) is 18.6 Å². The first-order valence-corrected chi connectivity index (χ1v) is 8.96. The van der Waals surface area contributed by atoms with E-state index in [4.69, 9.17) is 12.2 Å². The van der Waals surface area contributed by atoms with Crippen LogP contribution in [0.1, 0.15) is 22.6 Å². The van der Waals surface area contributed by atoms with Crippen molar-refractivity contribution in [2.75, 3.05) is 0 Å². The lowest BCUT2D eigenvalue weighted by atomic mass is 10.3. The Hall–Kier alpha value is -2.85. The van der Waals surface area contributed by atoms with Crippen molar-refractivity contribution in [1.82, 2.24) is 24.9 Å². The first-order valence-electron chi connectivity index (χ1n) is 7.67. The number of carbonyl (C=O) groups excluding carboxylic acids is 1. The summed E-state index contributed by atoms with van der Waals surface area (Å²) in [6.45, 7) is 3.95. The van der Waals surface area contributed by atoms with E-state index in [-0.39, 0.29) is 22.7 Å². The summed E-state index contributed by atoms with van der Waals surface area (Å²) in [4.78, 5) is 32.8. The van der Waals surface area contributed by atoms with Crippen molar-refractivity contribution in [2.24, 2.45) is 5.10 Å². The number of nitrogens with zero attached hydrogens (tertiary/aromatic N) is 3. The topological polar surface area (TPSA) is 108 Å². The summed E-state index contributed by atoms with van der Waals surface area (Å²) in [7, 11) is 0. The molecule has 0 bridgehead atoms. The number of thiazole rings is 1. The van der Waals surface area contributed by atoms with Gasteiger partial charge in [0, 0.05) is 40.3 Å². The first-order chi connectivity index (χ1) is 12.4. The molecule has 134 valence electrons. The van der Waals surface area contributed by atoms with Crippen molar-refractivity contribution in [3.8, 4) is 5.13 Å². The Morgan fingerprint density at radius 3 is 2.92 bits per heavy atom. The second-order valence-corrected chi connectivity index (χ2v) is 6.84. The Morgan fingerprint density at radius 1 is 1.42 bits per heavy atom. The fraction of sp³-hybridized carbons (Fsp3) is 0.188. The molecule has 3 heterocycles. The Morgan fingerprint density at radius 2 is 2.23 bits per heavy atom. The normalized spacial score (nSPS) is 11.2. The Kier molecular flexibility index (Phi) is 5.24. The highest BCUT2D eigenvalue weighted by atomic mass is 32.1. The summed E-state index contributed by atoms with van der Waals surface area (Å²) in [5.41, 5.74) is 5.42. The van der Waals surface area contributed by atoms with Gasteiger partial charge in [-0.25, -0.2) is 10.4 Å². The molecule has 0 aliphatic rings. The number of H-pyrrole nitrogens is 2. The van der Waals surface area contributed by atoms with E-state index >= 15 is 0 Å². The number of aromatic nitrogens is 4. The third-order valence-corrected chi connectivity index (χ3v) is 4.60. The number of hydrazone groups is 1. The third kappa shape index (κ3) is 4.03. The number of carbonyl (C=O) groups is 1. The van der Waals surface area contributed by atoms with E-state index in [0.717, 1.165) is 22.1 Å². The fourth-order valence-corrected chi connectivity index (χ4v) is 3.52. The van der Waals surface area contributed by atoms with Crippen molar-refractivity contribution in [3.63, 3.8) is 0 Å². The molecule has 0 aliphatic heterocycles. The van der Waals surface area contributed by atoms with Gasteiger partial charge in [0.25, 0.3) is 5.56 Å². The zero-order valence-electron chi connectivity index (χ0n) is 14.1. The van der Waals surface area contributed by atoms with Gasteiger partial charge >= 0.3 is 0 Å². The Labute approximate surface area is 157 Å². The van der Waals surface area contributed by atoms with Crippen LogP contribution in [-0.4, -0.2) is 31.6 Å². The number of nitrogens with one attached hydrogen (secondary N) is 3. The van der Waals surface area contributed by atoms with Crippen molar-refractivity contribution in [2.45, 2.75) is 20.3 Å². The zero-order valence-corrected chi connectivity index (χ0v) is 15.7. The number of aromatic amines is 2. The maximum Gasteiger partial charge on any atom is 0.251 e. The van der Waals surface area contributed by atoms with Gasteiger partial charge in [-0.2, -0.15) is 5.10 Å². The van der Waals surface area contributed by atoms with E-state index in [1.54, 1.807) is 23.7 Å². The maximum atomic E-state index is 12.0. The van der Waals surface area contributed by atoms with Crippen LogP contribution in [0.25, 0.3) is 5.13 Å². The van der Waals surface area contributed by atoms with Crippen LogP contribution in [0.4, 0.5) is 0 Å². The molecule has 10 heteroatoms. The van der Waals surface area contributed by atoms with Crippen molar-refractivity contribution >= 4 is 35.7 Å². The smallest absolute Gasteiger partial charge is 0.251 e. The van der Waals surface area contributed by atoms with E-state index < -0.39 is 0 Å². The quantitative estimate of drug-likeness (QED) is 0.353. The number of hydrogen-bond donors (Lipinski definition) is 3. The van der Waals surface area contributed by atoms with Crippen LogP contribution in [0.3, 0.4) is 0 Å². The summed E-state index contributed by atoms with van der Waals surface area (Å²) in [5, 5.41) is 6.80. The van der Waals surface area contributed by atoms with Crippen molar-refractivity contribution in [3.05, 3.63) is 61.5 Å². The van der Waals surface area contributed by atoms with Gasteiger partial charge in [0.1, 0.15) is 0 Å². The van der Waals surface area contributed by atoms with Gasteiger partial charge in [-0.1, -0.05) is 0 Å². The summed E-state index contributed by atoms with van der Waals surface area (Å²) in [5.74, 6) is -0.355. The van der Waals surface area contributed by atoms with Crippen molar-refractivity contribution in [1.29, 1.82) is 0 Å². The summed E-state index contributed by atoms with van der Waals surface area (Å²) < 4.78 is 2.21. The number of hydrogen-bond acceptors (Lipinski definition) is 6. The summed E-state index contributed by atoms with van der Waals surface area (Å²) in [6.07, 6.45) is 3.32. The molecular formula is C16H16N6O2S2. The average molecular weight is 388 g/mol. The summed E-state index contributed by atoms with van der Waals surface area (Å²) >= 11 is 6.42. The molecule has 3 aromatic heterocycles. The highest BCUT2D eigenvalue weighted by Gasteiger charge is 2.11. The second kappa shape index (κ2) is 7.58. The fourth-order valence-electron chi connectivity index (χ4n) is 2.54. The molecule has 0 radical (unpaired) electrons. The highest BCUT2D eigenvalue weighted by molar-refractivity contribution is 7.71. The molecule has 3 N–H and O–H groups in total. The molecule has 26 heavy (non-hydrogen) atoms. The third-order valence-electron chi connectivity index (χ3n) is 3.64. The minimum absolute atomic E-state index is 0.0248. The van der Waals surface area contributed by atoms with Crippen LogP contribution < -0.4 is 11.0 Å². The second-order valence-electron chi connectivity index (χ2n) is 5.56. The van der Waals surface area contributed by atoms with Gasteiger partial charge in [0.05, 0.1) is 12.6 Å². The van der Waals surface area contributed by atoms with E-state index in [1.165, 1.54) is 6.07 Å². The largest absolute Gasteiger partial charge is 0.335 e. The average Bonchev–Trinajstić information content (AvgIpc) is 3.15. The molecule has 0 saturated carbocycles. The lowest BCUT2D eigenvalue weighted by Gasteiger charge is -2.04.